The lowest BCUT2D eigenvalue weighted by molar-refractivity contribution is 0.971. The Morgan fingerprint density at radius 1 is 1.08 bits per heavy atom. The molecule has 0 saturated heterocycles. The lowest BCUT2D eigenvalue weighted by Gasteiger charge is -2.18. The summed E-state index contributed by atoms with van der Waals surface area (Å²) in [5.41, 5.74) is 10.8. The van der Waals surface area contributed by atoms with Crippen molar-refractivity contribution < 1.29 is 0 Å². The number of benzene rings is 2. The molecule has 0 aliphatic carbocycles. The summed E-state index contributed by atoms with van der Waals surface area (Å²) >= 11 is 20.1. The summed E-state index contributed by atoms with van der Waals surface area (Å²) in [6.45, 7) is 1.86. The number of guanidine groups is 1. The Bertz CT molecular complexity index is 907. The highest BCUT2D eigenvalue weighted by Gasteiger charge is 2.18. The standard InChI is InChI=1S/C18H15Cl3N4S/c1-10-16(23-18(22)25-24-10)9-17(14-7-4-12(20)8-15(14)21)26-13-5-2-11(19)3-6-13/h2-9,17H,1H3,(H3,22,23,25)/b16-9-. The molecule has 8 heteroatoms. The van der Waals surface area contributed by atoms with E-state index in [0.29, 0.717) is 20.8 Å². The zero-order chi connectivity index (χ0) is 18.7. The van der Waals surface area contributed by atoms with Crippen LogP contribution < -0.4 is 11.2 Å². The number of rotatable bonds is 4. The van der Waals surface area contributed by atoms with Crippen LogP contribution in [-0.2, 0) is 0 Å². The molecule has 2 aromatic rings. The van der Waals surface area contributed by atoms with Gasteiger partial charge in [-0.3, -0.25) is 0 Å². The van der Waals surface area contributed by atoms with Crippen LogP contribution in [0.15, 0.2) is 69.2 Å². The number of nitrogens with zero attached hydrogens (tertiary/aromatic N) is 2. The predicted octanol–water partition coefficient (Wildman–Crippen LogP) is 5.66. The number of aliphatic imine (C=N–C) groups is 1. The van der Waals surface area contributed by atoms with Gasteiger partial charge in [-0.2, -0.15) is 5.10 Å². The van der Waals surface area contributed by atoms with Crippen molar-refractivity contribution in [3.05, 3.63) is 74.9 Å². The largest absolute Gasteiger partial charge is 0.368 e. The summed E-state index contributed by atoms with van der Waals surface area (Å²) in [6.07, 6.45) is 1.99. The van der Waals surface area contributed by atoms with Gasteiger partial charge in [0.15, 0.2) is 0 Å². The summed E-state index contributed by atoms with van der Waals surface area (Å²) in [7, 11) is 0. The molecule has 1 heterocycles. The summed E-state index contributed by atoms with van der Waals surface area (Å²) in [5.74, 6) is 0.249. The van der Waals surface area contributed by atoms with Gasteiger partial charge in [0, 0.05) is 20.0 Å². The van der Waals surface area contributed by atoms with E-state index >= 15 is 0 Å². The third-order valence-electron chi connectivity index (χ3n) is 3.60. The first-order valence-corrected chi connectivity index (χ1v) is 9.67. The minimum absolute atomic E-state index is 0.115. The van der Waals surface area contributed by atoms with Gasteiger partial charge in [-0.1, -0.05) is 40.9 Å². The summed E-state index contributed by atoms with van der Waals surface area (Å²) in [4.78, 5) is 5.39. The zero-order valence-corrected chi connectivity index (χ0v) is 16.8. The van der Waals surface area contributed by atoms with E-state index in [1.807, 2.05) is 49.4 Å². The molecule has 0 radical (unpaired) electrons. The van der Waals surface area contributed by atoms with Crippen LogP contribution >= 0.6 is 46.6 Å². The molecule has 3 rings (SSSR count). The minimum Gasteiger partial charge on any atom is -0.368 e. The van der Waals surface area contributed by atoms with Crippen LogP contribution in [0.1, 0.15) is 17.7 Å². The SMILES string of the molecule is CC1=NNC(N)=N/C1=C\C(Sc1ccc(Cl)cc1)c1ccc(Cl)cc1Cl. The maximum atomic E-state index is 6.45. The molecule has 0 spiro atoms. The minimum atomic E-state index is -0.115. The van der Waals surface area contributed by atoms with Gasteiger partial charge >= 0.3 is 0 Å². The fourth-order valence-electron chi connectivity index (χ4n) is 2.31. The zero-order valence-electron chi connectivity index (χ0n) is 13.7. The second kappa shape index (κ2) is 8.35. The molecule has 1 atom stereocenters. The molecule has 3 N–H and O–H groups in total. The quantitative estimate of drug-likeness (QED) is 0.621. The van der Waals surface area contributed by atoms with Gasteiger partial charge in [0.05, 0.1) is 16.7 Å². The Morgan fingerprint density at radius 2 is 1.77 bits per heavy atom. The molecule has 0 aromatic heterocycles. The Hall–Kier alpha value is -1.66. The molecule has 1 aliphatic heterocycles. The van der Waals surface area contributed by atoms with Gasteiger partial charge in [-0.05, 0) is 55.0 Å². The van der Waals surface area contributed by atoms with E-state index in [2.05, 4.69) is 15.5 Å². The smallest absolute Gasteiger partial charge is 0.214 e. The normalized spacial score (nSPS) is 16.7. The Labute approximate surface area is 171 Å². The molecule has 26 heavy (non-hydrogen) atoms. The number of hydrogen-bond acceptors (Lipinski definition) is 5. The van der Waals surface area contributed by atoms with Crippen molar-refractivity contribution in [2.45, 2.75) is 17.1 Å². The number of halogens is 3. The maximum Gasteiger partial charge on any atom is 0.214 e. The Kier molecular flexibility index (Phi) is 6.14. The van der Waals surface area contributed by atoms with Crippen LogP contribution in [0.2, 0.25) is 15.1 Å². The Balaban J connectivity index is 2.02. The summed E-state index contributed by atoms with van der Waals surface area (Å²) in [6, 6.07) is 13.1. The van der Waals surface area contributed by atoms with Crippen molar-refractivity contribution in [1.82, 2.24) is 5.43 Å². The molecule has 0 amide bonds. The van der Waals surface area contributed by atoms with E-state index in [0.717, 1.165) is 16.2 Å². The molecule has 0 bridgehead atoms. The Morgan fingerprint density at radius 3 is 2.46 bits per heavy atom. The van der Waals surface area contributed by atoms with Crippen LogP contribution in [0.5, 0.6) is 0 Å². The molecule has 4 nitrogen and oxygen atoms in total. The monoisotopic (exact) mass is 424 g/mol. The van der Waals surface area contributed by atoms with Crippen molar-refractivity contribution >= 4 is 58.2 Å². The first kappa shape index (κ1) is 19.1. The molecular weight excluding hydrogens is 411 g/mol. The summed E-state index contributed by atoms with van der Waals surface area (Å²) < 4.78 is 0. The number of nitrogens with two attached hydrogens (primary N) is 1. The predicted molar refractivity (Wildman–Crippen MR) is 112 cm³/mol. The number of hydrogen-bond donors (Lipinski definition) is 2. The van der Waals surface area contributed by atoms with Crippen LogP contribution in [0.25, 0.3) is 0 Å². The van der Waals surface area contributed by atoms with Crippen molar-refractivity contribution in [2.24, 2.45) is 15.8 Å². The molecule has 134 valence electrons. The van der Waals surface area contributed by atoms with Crippen molar-refractivity contribution in [2.75, 3.05) is 0 Å². The third-order valence-corrected chi connectivity index (χ3v) is 5.61. The molecule has 1 unspecified atom stereocenters. The number of allylic oxidation sites excluding steroid dienone is 1. The van der Waals surface area contributed by atoms with Crippen LogP contribution in [0.3, 0.4) is 0 Å². The van der Waals surface area contributed by atoms with E-state index in [4.69, 9.17) is 40.5 Å². The van der Waals surface area contributed by atoms with Crippen molar-refractivity contribution in [3.63, 3.8) is 0 Å². The highest BCUT2D eigenvalue weighted by molar-refractivity contribution is 7.99. The van der Waals surface area contributed by atoms with E-state index in [1.165, 1.54) is 0 Å². The van der Waals surface area contributed by atoms with Crippen molar-refractivity contribution in [1.29, 1.82) is 0 Å². The second-order valence-corrected chi connectivity index (χ2v) is 8.01. The van der Waals surface area contributed by atoms with Gasteiger partial charge in [-0.15, -0.1) is 11.8 Å². The van der Waals surface area contributed by atoms with E-state index in [1.54, 1.807) is 17.8 Å². The molecule has 0 saturated carbocycles. The van der Waals surface area contributed by atoms with E-state index in [-0.39, 0.29) is 11.2 Å². The lowest BCUT2D eigenvalue weighted by Crippen LogP contribution is -2.31. The van der Waals surface area contributed by atoms with E-state index in [9.17, 15) is 0 Å². The van der Waals surface area contributed by atoms with Gasteiger partial charge in [0.1, 0.15) is 0 Å². The average molecular weight is 426 g/mol. The molecular formula is C18H15Cl3N4S. The van der Waals surface area contributed by atoms with Crippen LogP contribution in [-0.4, -0.2) is 11.7 Å². The number of nitrogens with one attached hydrogen (secondary N) is 1. The molecule has 2 aromatic carbocycles. The first-order valence-electron chi connectivity index (χ1n) is 7.66. The van der Waals surface area contributed by atoms with Gasteiger partial charge in [0.25, 0.3) is 0 Å². The molecule has 1 aliphatic rings. The van der Waals surface area contributed by atoms with Crippen molar-refractivity contribution in [3.8, 4) is 0 Å². The lowest BCUT2D eigenvalue weighted by atomic mass is 10.1. The van der Waals surface area contributed by atoms with Crippen LogP contribution in [0.4, 0.5) is 0 Å². The molecule has 0 fully saturated rings. The highest BCUT2D eigenvalue weighted by atomic mass is 35.5. The maximum absolute atomic E-state index is 6.45. The number of thioether (sulfide) groups is 1. The average Bonchev–Trinajstić information content (AvgIpc) is 2.59. The summed E-state index contributed by atoms with van der Waals surface area (Å²) in [5, 5.41) is 5.90. The van der Waals surface area contributed by atoms with Gasteiger partial charge in [0.2, 0.25) is 5.96 Å². The van der Waals surface area contributed by atoms with E-state index < -0.39 is 0 Å². The topological polar surface area (TPSA) is 62.8 Å². The van der Waals surface area contributed by atoms with Crippen LogP contribution in [0, 0.1) is 0 Å². The number of hydrazone groups is 1. The second-order valence-electron chi connectivity index (χ2n) is 5.52. The third kappa shape index (κ3) is 4.74. The highest BCUT2D eigenvalue weighted by Crippen LogP contribution is 2.41. The fraction of sp³-hybridized carbons (Fsp3) is 0.111. The van der Waals surface area contributed by atoms with Gasteiger partial charge < -0.3 is 5.73 Å². The first-order chi connectivity index (χ1) is 12.4. The fourth-order valence-corrected chi connectivity index (χ4v) is 4.15. The van der Waals surface area contributed by atoms with Gasteiger partial charge in [-0.25, -0.2) is 10.4 Å².